The van der Waals surface area contributed by atoms with E-state index in [1.54, 1.807) is 17.4 Å². The minimum absolute atomic E-state index is 0.123. The fourth-order valence-electron chi connectivity index (χ4n) is 2.24. The summed E-state index contributed by atoms with van der Waals surface area (Å²) in [6.07, 6.45) is 3.16. The minimum atomic E-state index is 0.123. The zero-order valence-electron chi connectivity index (χ0n) is 9.62. The zero-order chi connectivity index (χ0) is 12.7. The Bertz CT molecular complexity index is 595. The minimum Gasteiger partial charge on any atom is -0.323 e. The van der Waals surface area contributed by atoms with Crippen LogP contribution in [-0.4, -0.2) is 4.98 Å². The first kappa shape index (κ1) is 12.4. The molecule has 18 heavy (non-hydrogen) atoms. The van der Waals surface area contributed by atoms with Gasteiger partial charge in [-0.3, -0.25) is 0 Å². The standard InChI is InChI=1S/C13H12Cl2N2S/c14-8-4-1-3-7(11(8)15)13-17-10-6-2-5-9(16)12(10)18-13/h1,3-4,9H,2,5-6,16H2. The molecule has 1 aromatic carbocycles. The van der Waals surface area contributed by atoms with E-state index in [9.17, 15) is 0 Å². The summed E-state index contributed by atoms with van der Waals surface area (Å²) in [5, 5.41) is 2.05. The highest BCUT2D eigenvalue weighted by Crippen LogP contribution is 2.40. The number of aromatic nitrogens is 1. The van der Waals surface area contributed by atoms with E-state index in [4.69, 9.17) is 28.9 Å². The number of thiazole rings is 1. The van der Waals surface area contributed by atoms with Crippen molar-refractivity contribution >= 4 is 34.5 Å². The highest BCUT2D eigenvalue weighted by atomic mass is 35.5. The molecular weight excluding hydrogens is 287 g/mol. The average Bonchev–Trinajstić information content (AvgIpc) is 2.78. The molecule has 2 aromatic rings. The molecule has 0 amide bonds. The van der Waals surface area contributed by atoms with Gasteiger partial charge in [0.1, 0.15) is 5.01 Å². The van der Waals surface area contributed by atoms with Gasteiger partial charge in [0.15, 0.2) is 0 Å². The van der Waals surface area contributed by atoms with Gasteiger partial charge < -0.3 is 5.73 Å². The first-order valence-corrected chi connectivity index (χ1v) is 7.43. The molecule has 2 nitrogen and oxygen atoms in total. The van der Waals surface area contributed by atoms with Gasteiger partial charge in [-0.2, -0.15) is 0 Å². The summed E-state index contributed by atoms with van der Waals surface area (Å²) in [4.78, 5) is 5.87. The molecule has 94 valence electrons. The second kappa shape index (κ2) is 4.82. The highest BCUT2D eigenvalue weighted by Gasteiger charge is 2.23. The number of aryl methyl sites for hydroxylation is 1. The summed E-state index contributed by atoms with van der Waals surface area (Å²) in [6, 6.07) is 5.75. The third-order valence-electron chi connectivity index (χ3n) is 3.18. The lowest BCUT2D eigenvalue weighted by Crippen LogP contribution is -2.15. The van der Waals surface area contributed by atoms with Gasteiger partial charge in [-0.15, -0.1) is 11.3 Å². The van der Waals surface area contributed by atoms with E-state index < -0.39 is 0 Å². The Morgan fingerprint density at radius 1 is 1.33 bits per heavy atom. The molecule has 0 saturated carbocycles. The van der Waals surface area contributed by atoms with E-state index in [1.165, 1.54) is 4.88 Å². The highest BCUT2D eigenvalue weighted by molar-refractivity contribution is 7.15. The number of halogens is 2. The number of nitrogens with zero attached hydrogens (tertiary/aromatic N) is 1. The van der Waals surface area contributed by atoms with Crippen molar-refractivity contribution in [2.45, 2.75) is 25.3 Å². The number of nitrogens with two attached hydrogens (primary N) is 1. The van der Waals surface area contributed by atoms with Crippen molar-refractivity contribution in [3.05, 3.63) is 38.8 Å². The second-order valence-corrected chi connectivity index (χ2v) is 6.25. The van der Waals surface area contributed by atoms with E-state index >= 15 is 0 Å². The van der Waals surface area contributed by atoms with Crippen molar-refractivity contribution < 1.29 is 0 Å². The molecule has 1 atom stereocenters. The molecule has 1 aliphatic carbocycles. The van der Waals surface area contributed by atoms with Crippen LogP contribution in [0.1, 0.15) is 29.5 Å². The number of benzene rings is 1. The van der Waals surface area contributed by atoms with Gasteiger partial charge in [0, 0.05) is 16.5 Å². The van der Waals surface area contributed by atoms with E-state index in [1.807, 2.05) is 12.1 Å². The SMILES string of the molecule is NC1CCCc2nc(-c3cccc(Cl)c3Cl)sc21. The van der Waals surface area contributed by atoms with Crippen molar-refractivity contribution in [1.82, 2.24) is 4.98 Å². The van der Waals surface area contributed by atoms with Crippen molar-refractivity contribution in [3.63, 3.8) is 0 Å². The van der Waals surface area contributed by atoms with Crippen molar-refractivity contribution in [2.24, 2.45) is 5.73 Å². The van der Waals surface area contributed by atoms with Crippen LogP contribution in [0.15, 0.2) is 18.2 Å². The Balaban J connectivity index is 2.10. The van der Waals surface area contributed by atoms with Gasteiger partial charge in [-0.25, -0.2) is 4.98 Å². The summed E-state index contributed by atoms with van der Waals surface area (Å²) in [6.45, 7) is 0. The fraction of sp³-hybridized carbons (Fsp3) is 0.308. The van der Waals surface area contributed by atoms with Crippen molar-refractivity contribution in [2.75, 3.05) is 0 Å². The summed E-state index contributed by atoms with van der Waals surface area (Å²) in [5.74, 6) is 0. The second-order valence-electron chi connectivity index (χ2n) is 4.43. The lowest BCUT2D eigenvalue weighted by molar-refractivity contribution is 0.573. The van der Waals surface area contributed by atoms with Gasteiger partial charge in [0.05, 0.1) is 15.7 Å². The fourth-order valence-corrected chi connectivity index (χ4v) is 3.86. The van der Waals surface area contributed by atoms with Crippen LogP contribution < -0.4 is 5.73 Å². The third kappa shape index (κ3) is 2.05. The molecular formula is C13H12Cl2N2S. The van der Waals surface area contributed by atoms with Crippen LogP contribution in [0.5, 0.6) is 0 Å². The van der Waals surface area contributed by atoms with Crippen LogP contribution in [0, 0.1) is 0 Å². The van der Waals surface area contributed by atoms with Crippen LogP contribution in [0.4, 0.5) is 0 Å². The van der Waals surface area contributed by atoms with Gasteiger partial charge >= 0.3 is 0 Å². The maximum Gasteiger partial charge on any atom is 0.125 e. The molecule has 0 saturated heterocycles. The summed E-state index contributed by atoms with van der Waals surface area (Å²) in [7, 11) is 0. The number of hydrogen-bond acceptors (Lipinski definition) is 3. The maximum atomic E-state index is 6.23. The largest absolute Gasteiger partial charge is 0.323 e. The first-order chi connectivity index (χ1) is 8.66. The molecule has 1 aliphatic rings. The van der Waals surface area contributed by atoms with Crippen LogP contribution in [-0.2, 0) is 6.42 Å². The summed E-state index contributed by atoms with van der Waals surface area (Å²) in [5.41, 5.74) is 8.15. The van der Waals surface area contributed by atoms with Gasteiger partial charge in [0.25, 0.3) is 0 Å². The lowest BCUT2D eigenvalue weighted by Gasteiger charge is -2.15. The predicted octanol–water partition coefficient (Wildman–Crippen LogP) is 4.45. The monoisotopic (exact) mass is 298 g/mol. The van der Waals surface area contributed by atoms with Gasteiger partial charge in [-0.05, 0) is 25.3 Å². The summed E-state index contributed by atoms with van der Waals surface area (Å²) < 4.78 is 0. The van der Waals surface area contributed by atoms with Gasteiger partial charge in [0.2, 0.25) is 0 Å². The Hall–Kier alpha value is -0.610. The van der Waals surface area contributed by atoms with Crippen LogP contribution in [0.3, 0.4) is 0 Å². The predicted molar refractivity (Wildman–Crippen MR) is 77.4 cm³/mol. The molecule has 3 rings (SSSR count). The normalized spacial score (nSPS) is 18.7. The maximum absolute atomic E-state index is 6.23. The van der Waals surface area contributed by atoms with Crippen LogP contribution in [0.2, 0.25) is 10.0 Å². The lowest BCUT2D eigenvalue weighted by atomic mass is 9.99. The number of fused-ring (bicyclic) bond motifs is 1. The van der Waals surface area contributed by atoms with Crippen molar-refractivity contribution in [3.8, 4) is 10.6 Å². The Labute approximate surface area is 120 Å². The molecule has 0 fully saturated rings. The van der Waals surface area contributed by atoms with E-state index in [-0.39, 0.29) is 6.04 Å². The number of hydrogen-bond donors (Lipinski definition) is 1. The molecule has 0 radical (unpaired) electrons. The molecule has 0 spiro atoms. The zero-order valence-corrected chi connectivity index (χ0v) is 11.9. The van der Waals surface area contributed by atoms with Crippen LogP contribution >= 0.6 is 34.5 Å². The van der Waals surface area contributed by atoms with Crippen molar-refractivity contribution in [1.29, 1.82) is 0 Å². The average molecular weight is 299 g/mol. The van der Waals surface area contributed by atoms with E-state index in [2.05, 4.69) is 4.98 Å². The molecule has 0 aliphatic heterocycles. The molecule has 1 unspecified atom stereocenters. The smallest absolute Gasteiger partial charge is 0.125 e. The molecule has 2 N–H and O–H groups in total. The molecule has 1 aromatic heterocycles. The number of rotatable bonds is 1. The van der Waals surface area contributed by atoms with E-state index in [0.29, 0.717) is 10.0 Å². The molecule has 5 heteroatoms. The Kier molecular flexibility index (Phi) is 3.32. The van der Waals surface area contributed by atoms with Crippen LogP contribution in [0.25, 0.3) is 10.6 Å². The van der Waals surface area contributed by atoms with E-state index in [0.717, 1.165) is 35.5 Å². The Morgan fingerprint density at radius 2 is 2.17 bits per heavy atom. The van der Waals surface area contributed by atoms with Gasteiger partial charge in [-0.1, -0.05) is 35.3 Å². The molecule has 0 bridgehead atoms. The quantitative estimate of drug-likeness (QED) is 0.844. The topological polar surface area (TPSA) is 38.9 Å². The first-order valence-electron chi connectivity index (χ1n) is 5.86. The summed E-state index contributed by atoms with van der Waals surface area (Å²) >= 11 is 13.9. The Morgan fingerprint density at radius 3 is 2.94 bits per heavy atom. The molecule has 1 heterocycles. The third-order valence-corrected chi connectivity index (χ3v) is 5.26.